The highest BCUT2D eigenvalue weighted by molar-refractivity contribution is 6.09. The fourth-order valence-corrected chi connectivity index (χ4v) is 1.28. The molecule has 5 nitrogen and oxygen atoms in total. The van der Waals surface area contributed by atoms with Gasteiger partial charge >= 0.3 is 0 Å². The average Bonchev–Trinajstić information content (AvgIpc) is 2.90. The largest absolute Gasteiger partial charge is 0.465 e. The van der Waals surface area contributed by atoms with E-state index < -0.39 is 5.91 Å². The Bertz CT molecular complexity index is 595. The van der Waals surface area contributed by atoms with E-state index in [-0.39, 0.29) is 5.57 Å². The van der Waals surface area contributed by atoms with Crippen molar-refractivity contribution < 1.29 is 9.21 Å². The van der Waals surface area contributed by atoms with Gasteiger partial charge in [0.25, 0.3) is 5.91 Å². The molecule has 18 heavy (non-hydrogen) atoms. The smallest absolute Gasteiger partial charge is 0.267 e. The first-order valence-electron chi connectivity index (χ1n) is 5.17. The number of rotatable bonds is 3. The van der Waals surface area contributed by atoms with Crippen LogP contribution in [-0.4, -0.2) is 10.9 Å². The molecular weight excluding hydrogens is 230 g/mol. The summed E-state index contributed by atoms with van der Waals surface area (Å²) < 4.78 is 5.04. The quantitative estimate of drug-likeness (QED) is 0.658. The van der Waals surface area contributed by atoms with Crippen LogP contribution in [0.2, 0.25) is 0 Å². The Hall–Kier alpha value is -2.87. The molecule has 0 aromatic carbocycles. The molecule has 0 atom stereocenters. The van der Waals surface area contributed by atoms with Crippen molar-refractivity contribution in [1.82, 2.24) is 4.98 Å². The Morgan fingerprint density at radius 3 is 2.89 bits per heavy atom. The van der Waals surface area contributed by atoms with Crippen LogP contribution in [0.25, 0.3) is 6.08 Å². The molecule has 88 valence electrons. The lowest BCUT2D eigenvalue weighted by molar-refractivity contribution is -0.112. The standard InChI is InChI=1S/C13H9N3O2/c14-9-10(8-11-4-3-7-18-11)13(17)16-12-5-1-2-6-15-12/h1-8H,(H,15,16,17)/b10-8+. The number of nitrogens with one attached hydrogen (secondary N) is 1. The zero-order valence-corrected chi connectivity index (χ0v) is 9.33. The third-order valence-corrected chi connectivity index (χ3v) is 2.10. The normalized spacial score (nSPS) is 10.7. The fraction of sp³-hybridized carbons (Fsp3) is 0. The van der Waals surface area contributed by atoms with Crippen molar-refractivity contribution in [2.45, 2.75) is 0 Å². The van der Waals surface area contributed by atoms with Crippen LogP contribution < -0.4 is 5.32 Å². The van der Waals surface area contributed by atoms with Gasteiger partial charge in [-0.05, 0) is 24.3 Å². The van der Waals surface area contributed by atoms with E-state index in [0.717, 1.165) is 0 Å². The summed E-state index contributed by atoms with van der Waals surface area (Å²) in [6, 6.07) is 10.3. The molecule has 0 radical (unpaired) electrons. The second kappa shape index (κ2) is 5.46. The second-order valence-electron chi connectivity index (χ2n) is 3.35. The molecule has 2 rings (SSSR count). The van der Waals surface area contributed by atoms with Gasteiger partial charge in [-0.15, -0.1) is 0 Å². The minimum atomic E-state index is -0.521. The summed E-state index contributed by atoms with van der Waals surface area (Å²) in [6.07, 6.45) is 4.40. The Morgan fingerprint density at radius 2 is 2.28 bits per heavy atom. The molecule has 0 aliphatic rings. The number of hydrogen-bond donors (Lipinski definition) is 1. The third-order valence-electron chi connectivity index (χ3n) is 2.10. The first-order chi connectivity index (χ1) is 8.79. The van der Waals surface area contributed by atoms with Crippen molar-refractivity contribution in [2.24, 2.45) is 0 Å². The third kappa shape index (κ3) is 2.83. The van der Waals surface area contributed by atoms with Gasteiger partial charge in [-0.25, -0.2) is 4.98 Å². The maximum absolute atomic E-state index is 11.8. The van der Waals surface area contributed by atoms with Crippen molar-refractivity contribution >= 4 is 17.8 Å². The number of amides is 1. The highest BCUT2D eigenvalue weighted by atomic mass is 16.3. The van der Waals surface area contributed by atoms with Gasteiger partial charge in [0.05, 0.1) is 6.26 Å². The molecule has 1 amide bonds. The number of nitriles is 1. The van der Waals surface area contributed by atoms with Gasteiger partial charge in [-0.1, -0.05) is 6.07 Å². The second-order valence-corrected chi connectivity index (χ2v) is 3.35. The lowest BCUT2D eigenvalue weighted by Crippen LogP contribution is -2.14. The maximum Gasteiger partial charge on any atom is 0.267 e. The molecule has 0 aliphatic carbocycles. The minimum absolute atomic E-state index is 0.0457. The molecule has 0 saturated heterocycles. The molecule has 0 unspecified atom stereocenters. The summed E-state index contributed by atoms with van der Waals surface area (Å²) >= 11 is 0. The van der Waals surface area contributed by atoms with Crippen molar-refractivity contribution in [3.05, 3.63) is 54.1 Å². The first-order valence-corrected chi connectivity index (χ1v) is 5.17. The topological polar surface area (TPSA) is 78.9 Å². The Morgan fingerprint density at radius 1 is 1.39 bits per heavy atom. The number of furan rings is 1. The monoisotopic (exact) mass is 239 g/mol. The van der Waals surface area contributed by atoms with E-state index >= 15 is 0 Å². The molecule has 0 fully saturated rings. The highest BCUT2D eigenvalue weighted by Gasteiger charge is 2.10. The summed E-state index contributed by atoms with van der Waals surface area (Å²) in [5.74, 6) is 0.318. The number of carbonyl (C=O) groups is 1. The molecule has 1 N–H and O–H groups in total. The summed E-state index contributed by atoms with van der Waals surface area (Å²) in [6.45, 7) is 0. The average molecular weight is 239 g/mol. The van der Waals surface area contributed by atoms with E-state index in [9.17, 15) is 4.79 Å². The van der Waals surface area contributed by atoms with Gasteiger partial charge in [-0.3, -0.25) is 4.79 Å². The van der Waals surface area contributed by atoms with Crippen LogP contribution in [0, 0.1) is 11.3 Å². The van der Waals surface area contributed by atoms with E-state index in [4.69, 9.17) is 9.68 Å². The number of anilines is 1. The van der Waals surface area contributed by atoms with E-state index in [1.165, 1.54) is 12.3 Å². The Kier molecular flexibility index (Phi) is 3.52. The first kappa shape index (κ1) is 11.6. The lowest BCUT2D eigenvalue weighted by Gasteiger charge is -2.01. The van der Waals surface area contributed by atoms with E-state index in [1.54, 1.807) is 36.5 Å². The number of aromatic nitrogens is 1. The lowest BCUT2D eigenvalue weighted by atomic mass is 10.2. The van der Waals surface area contributed by atoms with E-state index in [0.29, 0.717) is 11.6 Å². The van der Waals surface area contributed by atoms with Crippen LogP contribution >= 0.6 is 0 Å². The fourth-order valence-electron chi connectivity index (χ4n) is 1.28. The molecule has 2 aromatic heterocycles. The molecule has 5 heteroatoms. The van der Waals surface area contributed by atoms with Gasteiger partial charge in [0, 0.05) is 12.3 Å². The van der Waals surface area contributed by atoms with Gasteiger partial charge in [0.1, 0.15) is 23.2 Å². The van der Waals surface area contributed by atoms with Gasteiger partial charge in [0.2, 0.25) is 0 Å². The van der Waals surface area contributed by atoms with E-state index in [2.05, 4.69) is 10.3 Å². The number of nitrogens with zero attached hydrogens (tertiary/aromatic N) is 2. The van der Waals surface area contributed by atoms with Crippen molar-refractivity contribution in [2.75, 3.05) is 5.32 Å². The molecule has 2 aromatic rings. The number of pyridine rings is 1. The molecule has 0 spiro atoms. The Balaban J connectivity index is 2.15. The summed E-state index contributed by atoms with van der Waals surface area (Å²) in [4.78, 5) is 15.7. The zero-order chi connectivity index (χ0) is 12.8. The van der Waals surface area contributed by atoms with Crippen LogP contribution in [0.1, 0.15) is 5.76 Å². The molecule has 0 saturated carbocycles. The maximum atomic E-state index is 11.8. The van der Waals surface area contributed by atoms with Crippen molar-refractivity contribution in [1.29, 1.82) is 5.26 Å². The summed E-state index contributed by atoms with van der Waals surface area (Å²) in [7, 11) is 0. The van der Waals surface area contributed by atoms with E-state index in [1.807, 2.05) is 6.07 Å². The van der Waals surface area contributed by atoms with Crippen molar-refractivity contribution in [3.8, 4) is 6.07 Å². The molecule has 0 bridgehead atoms. The van der Waals surface area contributed by atoms with Crippen molar-refractivity contribution in [3.63, 3.8) is 0 Å². The molecular formula is C13H9N3O2. The molecule has 2 heterocycles. The Labute approximate surface area is 103 Å². The predicted molar refractivity (Wildman–Crippen MR) is 65.2 cm³/mol. The number of carbonyl (C=O) groups excluding carboxylic acids is 1. The predicted octanol–water partition coefficient (Wildman–Crippen LogP) is 2.22. The summed E-state index contributed by atoms with van der Waals surface area (Å²) in [5, 5.41) is 11.5. The van der Waals surface area contributed by atoms with Crippen LogP contribution in [0.4, 0.5) is 5.82 Å². The van der Waals surface area contributed by atoms with Crippen LogP contribution in [0.5, 0.6) is 0 Å². The highest BCUT2D eigenvalue weighted by Crippen LogP contribution is 2.09. The number of hydrogen-bond acceptors (Lipinski definition) is 4. The van der Waals surface area contributed by atoms with Crippen LogP contribution in [0.3, 0.4) is 0 Å². The van der Waals surface area contributed by atoms with Gasteiger partial charge < -0.3 is 9.73 Å². The summed E-state index contributed by atoms with van der Waals surface area (Å²) in [5.41, 5.74) is -0.0457. The minimum Gasteiger partial charge on any atom is -0.465 e. The molecule has 0 aliphatic heterocycles. The zero-order valence-electron chi connectivity index (χ0n) is 9.33. The van der Waals surface area contributed by atoms with Crippen LogP contribution in [-0.2, 0) is 4.79 Å². The SMILES string of the molecule is N#C/C(=C\c1ccco1)C(=O)Nc1ccccn1. The van der Waals surface area contributed by atoms with Gasteiger partial charge in [0.15, 0.2) is 0 Å². The van der Waals surface area contributed by atoms with Crippen LogP contribution in [0.15, 0.2) is 52.8 Å². The van der Waals surface area contributed by atoms with Gasteiger partial charge in [-0.2, -0.15) is 5.26 Å².